The third-order valence-corrected chi connectivity index (χ3v) is 6.89. The number of benzene rings is 2. The van der Waals surface area contributed by atoms with Crippen molar-refractivity contribution < 1.29 is 24.2 Å². The molecule has 9 heteroatoms. The van der Waals surface area contributed by atoms with Gasteiger partial charge in [-0.3, -0.25) is 14.6 Å². The number of hydrogen-bond donors (Lipinski definition) is 2. The molecule has 2 saturated heterocycles. The van der Waals surface area contributed by atoms with Gasteiger partial charge in [-0.15, -0.1) is 0 Å². The number of likely N-dealkylation sites (tertiary alicyclic amines) is 1. The summed E-state index contributed by atoms with van der Waals surface area (Å²) in [6.07, 6.45) is 1.55. The normalized spacial score (nSPS) is 22.0. The summed E-state index contributed by atoms with van der Waals surface area (Å²) < 4.78 is 11.6. The first-order valence-corrected chi connectivity index (χ1v) is 12.6. The van der Waals surface area contributed by atoms with Crippen LogP contribution in [0.3, 0.4) is 0 Å². The molecule has 36 heavy (non-hydrogen) atoms. The molecule has 8 nitrogen and oxygen atoms in total. The Balaban J connectivity index is 1.25. The van der Waals surface area contributed by atoms with Crippen molar-refractivity contribution in [3.63, 3.8) is 0 Å². The number of piperidine rings is 1. The van der Waals surface area contributed by atoms with Crippen LogP contribution in [0.4, 0.5) is 4.79 Å². The van der Waals surface area contributed by atoms with E-state index in [-0.39, 0.29) is 25.7 Å². The average Bonchev–Trinajstić information content (AvgIpc) is 3.02. The fourth-order valence-electron chi connectivity index (χ4n) is 4.62. The molecule has 0 spiro atoms. The van der Waals surface area contributed by atoms with Crippen LogP contribution in [0.15, 0.2) is 42.5 Å². The fourth-order valence-corrected chi connectivity index (χ4v) is 4.79. The fraction of sp³-hybridized carbons (Fsp3) is 0.481. The number of aliphatic hydroxyl groups is 1. The number of nitrogens with one attached hydrogen (secondary N) is 1. The molecule has 0 radical (unpaired) electrons. The minimum Gasteiger partial charge on any atom is -0.492 e. The van der Waals surface area contributed by atoms with Gasteiger partial charge in [0.1, 0.15) is 35.9 Å². The Bertz CT molecular complexity index is 1110. The lowest BCUT2D eigenvalue weighted by atomic mass is 9.93. The highest BCUT2D eigenvalue weighted by Crippen LogP contribution is 2.29. The van der Waals surface area contributed by atoms with E-state index in [4.69, 9.17) is 21.1 Å². The van der Waals surface area contributed by atoms with Gasteiger partial charge in [-0.1, -0.05) is 29.8 Å². The summed E-state index contributed by atoms with van der Waals surface area (Å²) in [4.78, 5) is 27.6. The third-order valence-electron chi connectivity index (χ3n) is 6.58. The number of rotatable bonds is 9. The van der Waals surface area contributed by atoms with E-state index < -0.39 is 17.2 Å². The molecule has 2 aliphatic rings. The Labute approximate surface area is 217 Å². The second-order valence-electron chi connectivity index (χ2n) is 10.3. The Kier molecular flexibility index (Phi) is 7.78. The molecular weight excluding hydrogens is 482 g/mol. The quantitative estimate of drug-likeness (QED) is 0.494. The zero-order valence-electron chi connectivity index (χ0n) is 21.1. The molecule has 4 rings (SSSR count). The predicted molar refractivity (Wildman–Crippen MR) is 137 cm³/mol. The molecular formula is C27H34ClN3O5. The smallest absolute Gasteiger partial charge is 0.325 e. The molecule has 0 aromatic heterocycles. The molecule has 3 amide bonds. The van der Waals surface area contributed by atoms with Crippen molar-refractivity contribution in [2.24, 2.45) is 0 Å². The zero-order chi connectivity index (χ0) is 25.9. The van der Waals surface area contributed by atoms with Crippen molar-refractivity contribution in [2.75, 3.05) is 32.8 Å². The maximum absolute atomic E-state index is 12.3. The molecule has 194 valence electrons. The predicted octanol–water partition coefficient (Wildman–Crippen LogP) is 3.76. The number of urea groups is 1. The van der Waals surface area contributed by atoms with Crippen LogP contribution in [0, 0.1) is 6.92 Å². The number of amides is 3. The number of halogens is 1. The molecule has 2 aromatic rings. The van der Waals surface area contributed by atoms with E-state index >= 15 is 0 Å². The maximum atomic E-state index is 12.3. The van der Waals surface area contributed by atoms with E-state index in [2.05, 4.69) is 10.2 Å². The largest absolute Gasteiger partial charge is 0.492 e. The highest BCUT2D eigenvalue weighted by atomic mass is 35.5. The number of nitrogens with zero attached hydrogens (tertiary/aromatic N) is 2. The summed E-state index contributed by atoms with van der Waals surface area (Å²) >= 11 is 6.23. The SMILES string of the molecule is Cc1ccc(Cl)c(OC[C@@]2(O)CCCN(Cc3ccc(OCCN4C(=O)NC(C)(C)C4=O)cc3)C2)c1. The van der Waals surface area contributed by atoms with Crippen molar-refractivity contribution >= 4 is 23.5 Å². The molecule has 0 unspecified atom stereocenters. The van der Waals surface area contributed by atoms with Gasteiger partial charge in [0.25, 0.3) is 5.91 Å². The van der Waals surface area contributed by atoms with Gasteiger partial charge in [0.05, 0.1) is 11.6 Å². The van der Waals surface area contributed by atoms with Gasteiger partial charge in [0.2, 0.25) is 0 Å². The Hall–Kier alpha value is -2.81. The Morgan fingerprint density at radius 1 is 1.11 bits per heavy atom. The standard InChI is InChI=1S/C27H34ClN3O5/c1-19-5-10-22(28)23(15-19)36-18-27(34)11-4-12-30(17-27)16-20-6-8-21(9-7-20)35-14-13-31-24(32)26(2,3)29-25(31)33/h5-10,15,34H,4,11-14,16-18H2,1-3H3,(H,29,33)/t27-/m1/s1. The second kappa shape index (κ2) is 10.7. The van der Waals surface area contributed by atoms with E-state index in [9.17, 15) is 14.7 Å². The molecule has 0 bridgehead atoms. The van der Waals surface area contributed by atoms with Gasteiger partial charge in [-0.2, -0.15) is 0 Å². The van der Waals surface area contributed by atoms with E-state index in [1.165, 1.54) is 4.90 Å². The van der Waals surface area contributed by atoms with E-state index in [1.807, 2.05) is 43.3 Å². The highest BCUT2D eigenvalue weighted by molar-refractivity contribution is 6.32. The minimum absolute atomic E-state index is 0.189. The van der Waals surface area contributed by atoms with Gasteiger partial charge in [-0.05, 0) is 75.5 Å². The monoisotopic (exact) mass is 515 g/mol. The van der Waals surface area contributed by atoms with Gasteiger partial charge >= 0.3 is 6.03 Å². The number of carbonyl (C=O) groups excluding carboxylic acids is 2. The van der Waals surface area contributed by atoms with E-state index in [0.29, 0.717) is 36.0 Å². The van der Waals surface area contributed by atoms with E-state index in [1.54, 1.807) is 19.9 Å². The van der Waals surface area contributed by atoms with Crippen LogP contribution in [-0.4, -0.2) is 70.8 Å². The highest BCUT2D eigenvalue weighted by Gasteiger charge is 2.44. The summed E-state index contributed by atoms with van der Waals surface area (Å²) in [6.45, 7) is 8.05. The van der Waals surface area contributed by atoms with Crippen molar-refractivity contribution in [2.45, 2.75) is 51.3 Å². The van der Waals surface area contributed by atoms with Crippen molar-refractivity contribution in [1.29, 1.82) is 0 Å². The number of β-amino-alcohol motifs (C(OH)–C–C–N with tert-alkyl or cyclic N) is 1. The van der Waals surface area contributed by atoms with Crippen LogP contribution < -0.4 is 14.8 Å². The molecule has 1 atom stereocenters. The molecule has 2 aliphatic heterocycles. The third kappa shape index (κ3) is 6.30. The van der Waals surface area contributed by atoms with Gasteiger partial charge < -0.3 is 19.9 Å². The number of ether oxygens (including phenoxy) is 2. The summed E-state index contributed by atoms with van der Waals surface area (Å²) in [6, 6.07) is 13.0. The number of aryl methyl sites for hydroxylation is 1. The average molecular weight is 516 g/mol. The van der Waals surface area contributed by atoms with Crippen molar-refractivity contribution in [3.8, 4) is 11.5 Å². The summed E-state index contributed by atoms with van der Waals surface area (Å²) in [7, 11) is 0. The van der Waals surface area contributed by atoms with Gasteiger partial charge in [0, 0.05) is 13.1 Å². The first kappa shape index (κ1) is 26.3. The minimum atomic E-state index is -0.942. The van der Waals surface area contributed by atoms with Crippen LogP contribution in [0.1, 0.15) is 37.8 Å². The number of hydrogen-bond acceptors (Lipinski definition) is 6. The molecule has 0 saturated carbocycles. The van der Waals surface area contributed by atoms with Gasteiger partial charge in [-0.25, -0.2) is 4.79 Å². The van der Waals surface area contributed by atoms with E-state index in [0.717, 1.165) is 24.1 Å². The topological polar surface area (TPSA) is 91.3 Å². The Morgan fingerprint density at radius 2 is 1.86 bits per heavy atom. The summed E-state index contributed by atoms with van der Waals surface area (Å²) in [5, 5.41) is 14.4. The zero-order valence-corrected chi connectivity index (χ0v) is 21.8. The lowest BCUT2D eigenvalue weighted by molar-refractivity contribution is -0.130. The maximum Gasteiger partial charge on any atom is 0.325 e. The van der Waals surface area contributed by atoms with Crippen molar-refractivity contribution in [1.82, 2.24) is 15.1 Å². The van der Waals surface area contributed by atoms with Gasteiger partial charge in [0.15, 0.2) is 0 Å². The summed E-state index contributed by atoms with van der Waals surface area (Å²) in [5.41, 5.74) is 0.338. The summed E-state index contributed by atoms with van der Waals surface area (Å²) in [5.74, 6) is 1.01. The molecule has 2 heterocycles. The van der Waals surface area contributed by atoms with Crippen LogP contribution >= 0.6 is 11.6 Å². The van der Waals surface area contributed by atoms with Crippen LogP contribution in [0.2, 0.25) is 5.02 Å². The number of imide groups is 1. The first-order valence-electron chi connectivity index (χ1n) is 12.2. The first-order chi connectivity index (χ1) is 17.0. The molecule has 2 N–H and O–H groups in total. The van der Waals surface area contributed by atoms with Crippen LogP contribution in [0.5, 0.6) is 11.5 Å². The lowest BCUT2D eigenvalue weighted by Gasteiger charge is -2.39. The molecule has 0 aliphatic carbocycles. The lowest BCUT2D eigenvalue weighted by Crippen LogP contribution is -2.51. The Morgan fingerprint density at radius 3 is 2.56 bits per heavy atom. The van der Waals surface area contributed by atoms with Crippen molar-refractivity contribution in [3.05, 3.63) is 58.6 Å². The molecule has 2 fully saturated rings. The second-order valence-corrected chi connectivity index (χ2v) is 10.7. The number of carbonyl (C=O) groups is 2. The van der Waals surface area contributed by atoms with Crippen LogP contribution in [-0.2, 0) is 11.3 Å². The molecule has 2 aromatic carbocycles. The van der Waals surface area contributed by atoms with Crippen LogP contribution in [0.25, 0.3) is 0 Å².